The minimum Gasteiger partial charge on any atom is -0.493 e. The summed E-state index contributed by atoms with van der Waals surface area (Å²) in [6.45, 7) is 2.63. The molecule has 1 heterocycles. The fraction of sp³-hybridized carbons (Fsp3) is 0.235. The molecule has 0 aromatic heterocycles. The summed E-state index contributed by atoms with van der Waals surface area (Å²) in [6.07, 6.45) is 0.754. The van der Waals surface area contributed by atoms with Crippen molar-refractivity contribution in [2.45, 2.75) is 19.4 Å². The summed E-state index contributed by atoms with van der Waals surface area (Å²) >= 11 is 5.83. The van der Waals surface area contributed by atoms with Gasteiger partial charge in [-0.2, -0.15) is 0 Å². The monoisotopic (exact) mass is 316 g/mol. The molecule has 2 aromatic rings. The molecular formula is C17H17ClN2O2. The summed E-state index contributed by atoms with van der Waals surface area (Å²) in [4.78, 5) is 12.2. The normalized spacial score (nSPS) is 16.4. The van der Waals surface area contributed by atoms with Crippen LogP contribution in [-0.2, 0) is 0 Å². The summed E-state index contributed by atoms with van der Waals surface area (Å²) < 4.78 is 5.64. The van der Waals surface area contributed by atoms with Crippen LogP contribution in [0.2, 0.25) is 5.02 Å². The van der Waals surface area contributed by atoms with Gasteiger partial charge in [-0.05, 0) is 37.3 Å². The predicted molar refractivity (Wildman–Crippen MR) is 87.6 cm³/mol. The number of benzene rings is 2. The molecule has 2 aromatic carbocycles. The zero-order valence-corrected chi connectivity index (χ0v) is 13.0. The number of carbonyl (C=O) groups is 1. The molecule has 2 amide bonds. The summed E-state index contributed by atoms with van der Waals surface area (Å²) in [6, 6.07) is 12.8. The minimum absolute atomic E-state index is 0.0454. The lowest BCUT2D eigenvalue weighted by Crippen LogP contribution is -2.35. The van der Waals surface area contributed by atoms with E-state index < -0.39 is 0 Å². The Bertz CT molecular complexity index is 686. The molecule has 1 atom stereocenters. The van der Waals surface area contributed by atoms with Gasteiger partial charge in [0.1, 0.15) is 5.75 Å². The van der Waals surface area contributed by atoms with Gasteiger partial charge < -0.3 is 15.4 Å². The number of carbonyl (C=O) groups excluding carboxylic acids is 1. The lowest BCUT2D eigenvalue weighted by atomic mass is 9.99. The second-order valence-corrected chi connectivity index (χ2v) is 5.77. The second-order valence-electron chi connectivity index (χ2n) is 5.34. The van der Waals surface area contributed by atoms with Crippen molar-refractivity contribution in [2.75, 3.05) is 11.9 Å². The largest absolute Gasteiger partial charge is 0.493 e. The van der Waals surface area contributed by atoms with E-state index in [1.54, 1.807) is 24.3 Å². The Labute approximate surface area is 134 Å². The molecular weight excluding hydrogens is 300 g/mol. The Morgan fingerprint density at radius 2 is 2.00 bits per heavy atom. The third-order valence-corrected chi connectivity index (χ3v) is 3.86. The van der Waals surface area contributed by atoms with Gasteiger partial charge in [0.25, 0.3) is 0 Å². The zero-order chi connectivity index (χ0) is 15.5. The molecule has 0 saturated heterocycles. The minimum atomic E-state index is -0.235. The quantitative estimate of drug-likeness (QED) is 0.868. The second kappa shape index (κ2) is 6.28. The molecule has 2 N–H and O–H groups in total. The number of hydrogen-bond acceptors (Lipinski definition) is 2. The molecule has 3 rings (SSSR count). The Hall–Kier alpha value is -2.20. The molecule has 0 saturated carbocycles. The summed E-state index contributed by atoms with van der Waals surface area (Å²) in [5.41, 5.74) is 2.88. The van der Waals surface area contributed by atoms with Crippen LogP contribution in [0.3, 0.4) is 0 Å². The first-order valence-corrected chi connectivity index (χ1v) is 7.56. The number of fused-ring (bicyclic) bond motifs is 1. The molecule has 1 unspecified atom stereocenters. The molecule has 114 valence electrons. The lowest BCUT2D eigenvalue weighted by Gasteiger charge is -2.27. The standard InChI is InChI=1S/C17H17ClN2O2/c1-11-2-7-16-14(10-11)15(8-9-22-16)20-17(21)19-13-5-3-12(18)4-6-13/h2-7,10,15H,8-9H2,1H3,(H2,19,20,21). The number of rotatable bonds is 2. The van der Waals surface area contributed by atoms with E-state index in [0.717, 1.165) is 23.3 Å². The summed E-state index contributed by atoms with van der Waals surface area (Å²) in [5, 5.41) is 6.45. The van der Waals surface area contributed by atoms with Crippen molar-refractivity contribution in [1.29, 1.82) is 0 Å². The first-order chi connectivity index (χ1) is 10.6. The van der Waals surface area contributed by atoms with Gasteiger partial charge >= 0.3 is 6.03 Å². The van der Waals surface area contributed by atoms with Gasteiger partial charge in [0.2, 0.25) is 0 Å². The van der Waals surface area contributed by atoms with Gasteiger partial charge in [0.15, 0.2) is 0 Å². The van der Waals surface area contributed by atoms with Crippen LogP contribution in [0.4, 0.5) is 10.5 Å². The first kappa shape index (κ1) is 14.7. The maximum absolute atomic E-state index is 12.2. The lowest BCUT2D eigenvalue weighted by molar-refractivity contribution is 0.232. The SMILES string of the molecule is Cc1ccc2c(c1)C(NC(=O)Nc1ccc(Cl)cc1)CCO2. The van der Waals surface area contributed by atoms with Crippen LogP contribution in [0.15, 0.2) is 42.5 Å². The van der Waals surface area contributed by atoms with Crippen molar-refractivity contribution in [3.63, 3.8) is 0 Å². The molecule has 0 fully saturated rings. The van der Waals surface area contributed by atoms with Crippen LogP contribution in [0.25, 0.3) is 0 Å². The zero-order valence-electron chi connectivity index (χ0n) is 12.2. The highest BCUT2D eigenvalue weighted by Gasteiger charge is 2.23. The highest BCUT2D eigenvalue weighted by molar-refractivity contribution is 6.30. The van der Waals surface area contributed by atoms with Crippen LogP contribution in [0, 0.1) is 6.92 Å². The van der Waals surface area contributed by atoms with Gasteiger partial charge in [-0.25, -0.2) is 4.79 Å². The van der Waals surface area contributed by atoms with Crippen LogP contribution in [0.1, 0.15) is 23.6 Å². The number of urea groups is 1. The molecule has 1 aliphatic rings. The van der Waals surface area contributed by atoms with Crippen molar-refractivity contribution in [3.05, 3.63) is 58.6 Å². The van der Waals surface area contributed by atoms with Crippen LogP contribution in [-0.4, -0.2) is 12.6 Å². The molecule has 0 spiro atoms. The molecule has 0 aliphatic carbocycles. The number of halogens is 1. The molecule has 1 aliphatic heterocycles. The fourth-order valence-electron chi connectivity index (χ4n) is 2.52. The van der Waals surface area contributed by atoms with Crippen LogP contribution in [0.5, 0.6) is 5.75 Å². The average molecular weight is 317 g/mol. The Morgan fingerprint density at radius 1 is 1.23 bits per heavy atom. The number of anilines is 1. The molecule has 5 heteroatoms. The number of aryl methyl sites for hydroxylation is 1. The molecule has 22 heavy (non-hydrogen) atoms. The van der Waals surface area contributed by atoms with E-state index in [1.807, 2.05) is 19.1 Å². The van der Waals surface area contributed by atoms with Crippen molar-refractivity contribution >= 4 is 23.3 Å². The first-order valence-electron chi connectivity index (χ1n) is 7.18. The Balaban J connectivity index is 1.70. The van der Waals surface area contributed by atoms with Crippen molar-refractivity contribution in [2.24, 2.45) is 0 Å². The van der Waals surface area contributed by atoms with Gasteiger partial charge in [0.05, 0.1) is 12.6 Å². The Morgan fingerprint density at radius 3 is 2.77 bits per heavy atom. The van der Waals surface area contributed by atoms with E-state index in [-0.39, 0.29) is 12.1 Å². The van der Waals surface area contributed by atoms with Crippen LogP contribution < -0.4 is 15.4 Å². The highest BCUT2D eigenvalue weighted by Crippen LogP contribution is 2.32. The fourth-order valence-corrected chi connectivity index (χ4v) is 2.65. The maximum atomic E-state index is 12.2. The third kappa shape index (κ3) is 3.34. The number of ether oxygens (including phenoxy) is 1. The van der Waals surface area contributed by atoms with E-state index >= 15 is 0 Å². The van der Waals surface area contributed by atoms with E-state index in [2.05, 4.69) is 16.7 Å². The smallest absolute Gasteiger partial charge is 0.319 e. The Kier molecular flexibility index (Phi) is 4.20. The topological polar surface area (TPSA) is 50.4 Å². The summed E-state index contributed by atoms with van der Waals surface area (Å²) in [5.74, 6) is 0.841. The third-order valence-electron chi connectivity index (χ3n) is 3.61. The van der Waals surface area contributed by atoms with Gasteiger partial charge in [-0.15, -0.1) is 0 Å². The van der Waals surface area contributed by atoms with Crippen molar-refractivity contribution < 1.29 is 9.53 Å². The van der Waals surface area contributed by atoms with Gasteiger partial charge in [-0.3, -0.25) is 0 Å². The van der Waals surface area contributed by atoms with E-state index in [1.165, 1.54) is 0 Å². The predicted octanol–water partition coefficient (Wildman–Crippen LogP) is 4.29. The number of amides is 2. The van der Waals surface area contributed by atoms with Crippen molar-refractivity contribution in [1.82, 2.24) is 5.32 Å². The average Bonchev–Trinajstić information content (AvgIpc) is 2.50. The molecule has 4 nitrogen and oxygen atoms in total. The van der Waals surface area contributed by atoms with Crippen LogP contribution >= 0.6 is 11.6 Å². The van der Waals surface area contributed by atoms with E-state index in [9.17, 15) is 4.79 Å². The van der Waals surface area contributed by atoms with Gasteiger partial charge in [-0.1, -0.05) is 29.3 Å². The molecule has 0 radical (unpaired) electrons. The van der Waals surface area contributed by atoms with E-state index in [4.69, 9.17) is 16.3 Å². The summed E-state index contributed by atoms with van der Waals surface area (Å²) in [7, 11) is 0. The number of hydrogen-bond donors (Lipinski definition) is 2. The number of nitrogens with one attached hydrogen (secondary N) is 2. The maximum Gasteiger partial charge on any atom is 0.319 e. The van der Waals surface area contributed by atoms with Crippen molar-refractivity contribution in [3.8, 4) is 5.75 Å². The molecule has 0 bridgehead atoms. The van der Waals surface area contributed by atoms with Gasteiger partial charge in [0, 0.05) is 22.7 Å². The highest BCUT2D eigenvalue weighted by atomic mass is 35.5. The van der Waals surface area contributed by atoms with E-state index in [0.29, 0.717) is 17.3 Å².